The molecular formula is C22H27NO7S. The summed E-state index contributed by atoms with van der Waals surface area (Å²) in [6, 6.07) is 0. The van der Waals surface area contributed by atoms with Gasteiger partial charge in [-0.1, -0.05) is 0 Å². The van der Waals surface area contributed by atoms with Crippen molar-refractivity contribution in [1.82, 2.24) is 4.98 Å². The summed E-state index contributed by atoms with van der Waals surface area (Å²) in [6.45, 7) is 6.74. The molecule has 0 spiro atoms. The van der Waals surface area contributed by atoms with Gasteiger partial charge < -0.3 is 14.2 Å². The summed E-state index contributed by atoms with van der Waals surface area (Å²) in [5.41, 5.74) is 1.55. The molecule has 0 saturated heterocycles. The first kappa shape index (κ1) is 24.5. The highest BCUT2D eigenvalue weighted by atomic mass is 32.1. The minimum atomic E-state index is -1.01. The number of carbonyl (C=O) groups excluding carboxylic acids is 4. The maximum Gasteiger partial charge on any atom is 0.331 e. The molecular weight excluding hydrogens is 422 g/mol. The number of hydrogen-bond acceptors (Lipinski definition) is 9. The van der Waals surface area contributed by atoms with Crippen molar-refractivity contribution in [3.8, 4) is 0 Å². The van der Waals surface area contributed by atoms with Gasteiger partial charge in [0, 0.05) is 17.9 Å². The van der Waals surface area contributed by atoms with Crippen molar-refractivity contribution in [3.05, 3.63) is 33.8 Å². The van der Waals surface area contributed by atoms with E-state index in [1.165, 1.54) is 18.3 Å². The summed E-state index contributed by atoms with van der Waals surface area (Å²) in [4.78, 5) is 52.7. The number of rotatable bonds is 2. The van der Waals surface area contributed by atoms with Crippen LogP contribution in [0, 0.1) is 6.92 Å². The number of thiazole rings is 1. The molecule has 0 bridgehead atoms. The van der Waals surface area contributed by atoms with Gasteiger partial charge in [0.15, 0.2) is 11.9 Å². The summed E-state index contributed by atoms with van der Waals surface area (Å²) in [5.74, 6) is -2.37. The Labute approximate surface area is 185 Å². The van der Waals surface area contributed by atoms with Crippen LogP contribution in [0.4, 0.5) is 0 Å². The van der Waals surface area contributed by atoms with Gasteiger partial charge in [0.05, 0.1) is 17.1 Å². The van der Waals surface area contributed by atoms with Crippen LogP contribution in [0.5, 0.6) is 0 Å². The fourth-order valence-corrected chi connectivity index (χ4v) is 3.47. The molecule has 2 rings (SSSR count). The lowest BCUT2D eigenvalue weighted by Crippen LogP contribution is -2.26. The molecule has 0 radical (unpaired) electrons. The van der Waals surface area contributed by atoms with Crippen molar-refractivity contribution < 1.29 is 33.4 Å². The zero-order valence-electron chi connectivity index (χ0n) is 18.1. The molecule has 1 aromatic heterocycles. The Balaban J connectivity index is 2.18. The maximum atomic E-state index is 12.4. The van der Waals surface area contributed by atoms with Crippen LogP contribution in [0.3, 0.4) is 0 Å². The lowest BCUT2D eigenvalue weighted by atomic mass is 10.0. The zero-order chi connectivity index (χ0) is 23.0. The molecule has 168 valence electrons. The first-order chi connectivity index (χ1) is 14.6. The molecule has 1 aliphatic heterocycles. The summed E-state index contributed by atoms with van der Waals surface area (Å²) >= 11 is 1.52. The number of aryl methyl sites for hydroxylation is 1. The highest BCUT2D eigenvalue weighted by molar-refractivity contribution is 7.09. The van der Waals surface area contributed by atoms with E-state index >= 15 is 0 Å². The Hall–Kier alpha value is -2.81. The van der Waals surface area contributed by atoms with Gasteiger partial charge in [-0.25, -0.2) is 9.78 Å². The molecule has 0 unspecified atom stereocenters. The van der Waals surface area contributed by atoms with Gasteiger partial charge in [-0.15, -0.1) is 11.3 Å². The smallest absolute Gasteiger partial charge is 0.331 e. The third-order valence-electron chi connectivity index (χ3n) is 4.51. The molecule has 1 aromatic rings. The molecule has 0 saturated carbocycles. The average Bonchev–Trinajstić information content (AvgIpc) is 3.08. The van der Waals surface area contributed by atoms with Crippen LogP contribution in [0.25, 0.3) is 6.08 Å². The standard InChI is InChI=1S/C22H27NO7S/c1-13(10-17-12-31-16(4)23-17)19-6-5-7-20(25)29-15(3)18(24)8-9-21(26)28-14(2)11-22(27)30-19/h8-10,12,14-15,19H,5-7,11H2,1-4H3/b9-8+,13-10+/t14-,15-,19-/m0/s1. The quantitative estimate of drug-likeness (QED) is 0.500. The summed E-state index contributed by atoms with van der Waals surface area (Å²) in [7, 11) is 0. The van der Waals surface area contributed by atoms with Crippen molar-refractivity contribution in [2.45, 2.75) is 71.7 Å². The van der Waals surface area contributed by atoms with Crippen molar-refractivity contribution in [1.29, 1.82) is 0 Å². The van der Waals surface area contributed by atoms with E-state index in [1.807, 2.05) is 25.3 Å². The minimum Gasteiger partial charge on any atom is -0.459 e. The Bertz CT molecular complexity index is 886. The number of cyclic esters (lactones) is 3. The minimum absolute atomic E-state index is 0.0664. The van der Waals surface area contributed by atoms with E-state index in [2.05, 4.69) is 4.98 Å². The van der Waals surface area contributed by atoms with Crippen LogP contribution in [-0.4, -0.2) is 47.0 Å². The van der Waals surface area contributed by atoms with Gasteiger partial charge in [0.2, 0.25) is 0 Å². The summed E-state index contributed by atoms with van der Waals surface area (Å²) in [6.07, 6.45) is 2.21. The first-order valence-electron chi connectivity index (χ1n) is 10.1. The van der Waals surface area contributed by atoms with E-state index < -0.39 is 42.0 Å². The second-order valence-electron chi connectivity index (χ2n) is 7.37. The molecule has 9 heteroatoms. The fourth-order valence-electron chi connectivity index (χ4n) is 2.90. The van der Waals surface area contributed by atoms with Crippen LogP contribution in [0.15, 0.2) is 23.1 Å². The van der Waals surface area contributed by atoms with Gasteiger partial charge in [0.1, 0.15) is 12.2 Å². The molecule has 0 aromatic carbocycles. The third-order valence-corrected chi connectivity index (χ3v) is 5.30. The number of carbonyl (C=O) groups is 4. The second kappa shape index (κ2) is 11.5. The van der Waals surface area contributed by atoms with Gasteiger partial charge in [-0.2, -0.15) is 0 Å². The van der Waals surface area contributed by atoms with E-state index in [0.29, 0.717) is 12.8 Å². The van der Waals surface area contributed by atoms with Crippen LogP contribution in [0.1, 0.15) is 57.2 Å². The van der Waals surface area contributed by atoms with Gasteiger partial charge in [-0.05, 0) is 58.3 Å². The number of esters is 3. The topological polar surface area (TPSA) is 109 Å². The number of ketones is 1. The molecule has 2 heterocycles. The molecule has 0 aliphatic carbocycles. The Morgan fingerprint density at radius 3 is 2.52 bits per heavy atom. The van der Waals surface area contributed by atoms with Crippen LogP contribution in [0.2, 0.25) is 0 Å². The number of nitrogens with zero attached hydrogens (tertiary/aromatic N) is 1. The van der Waals surface area contributed by atoms with E-state index in [9.17, 15) is 19.2 Å². The van der Waals surface area contributed by atoms with E-state index in [1.54, 1.807) is 6.92 Å². The van der Waals surface area contributed by atoms with E-state index in [-0.39, 0.29) is 12.8 Å². The van der Waals surface area contributed by atoms with E-state index in [0.717, 1.165) is 28.4 Å². The third kappa shape index (κ3) is 8.45. The van der Waals surface area contributed by atoms with Crippen LogP contribution >= 0.6 is 11.3 Å². The van der Waals surface area contributed by atoms with Crippen LogP contribution < -0.4 is 0 Å². The Kier molecular flexibility index (Phi) is 9.11. The van der Waals surface area contributed by atoms with Crippen molar-refractivity contribution in [2.75, 3.05) is 0 Å². The average molecular weight is 450 g/mol. The molecule has 1 aliphatic rings. The highest BCUT2D eigenvalue weighted by Gasteiger charge is 2.22. The van der Waals surface area contributed by atoms with Gasteiger partial charge >= 0.3 is 17.9 Å². The predicted octanol–water partition coefficient (Wildman–Crippen LogP) is 3.33. The Morgan fingerprint density at radius 1 is 1.10 bits per heavy atom. The lowest BCUT2D eigenvalue weighted by Gasteiger charge is -2.20. The van der Waals surface area contributed by atoms with Crippen molar-refractivity contribution in [3.63, 3.8) is 0 Å². The number of aromatic nitrogens is 1. The lowest BCUT2D eigenvalue weighted by molar-refractivity contribution is -0.154. The number of hydrogen-bond donors (Lipinski definition) is 0. The molecule has 0 fully saturated rings. The van der Waals surface area contributed by atoms with Crippen molar-refractivity contribution in [2.24, 2.45) is 0 Å². The van der Waals surface area contributed by atoms with E-state index in [4.69, 9.17) is 14.2 Å². The monoisotopic (exact) mass is 449 g/mol. The Morgan fingerprint density at radius 2 is 1.84 bits per heavy atom. The largest absolute Gasteiger partial charge is 0.459 e. The highest BCUT2D eigenvalue weighted by Crippen LogP contribution is 2.20. The first-order valence-corrected chi connectivity index (χ1v) is 10.9. The van der Waals surface area contributed by atoms with Gasteiger partial charge in [-0.3, -0.25) is 14.4 Å². The molecule has 0 N–H and O–H groups in total. The SMILES string of the molecule is C/C(=C\c1csc(C)n1)[C@@H]1CCCC(=O)O[C@@H](C)C(=O)/C=C/C(=O)O[C@@H](C)CC(=O)O1. The molecule has 0 amide bonds. The second-order valence-corrected chi connectivity index (χ2v) is 8.43. The van der Waals surface area contributed by atoms with Crippen molar-refractivity contribution >= 4 is 41.1 Å². The fraction of sp³-hybridized carbons (Fsp3) is 0.500. The zero-order valence-corrected chi connectivity index (χ0v) is 18.9. The predicted molar refractivity (Wildman–Crippen MR) is 114 cm³/mol. The molecule has 8 nitrogen and oxygen atoms in total. The van der Waals surface area contributed by atoms with Gasteiger partial charge in [0.25, 0.3) is 0 Å². The summed E-state index contributed by atoms with van der Waals surface area (Å²) in [5, 5.41) is 2.83. The summed E-state index contributed by atoms with van der Waals surface area (Å²) < 4.78 is 15.8. The maximum absolute atomic E-state index is 12.4. The molecule has 3 atom stereocenters. The number of ether oxygens (including phenoxy) is 3. The van der Waals surface area contributed by atoms with Crippen LogP contribution in [-0.2, 0) is 33.4 Å². The molecule has 31 heavy (non-hydrogen) atoms. The normalized spacial score (nSPS) is 26.1.